The molecule has 0 fully saturated rings. The summed E-state index contributed by atoms with van der Waals surface area (Å²) in [5, 5.41) is 0. The fraction of sp³-hybridized carbons (Fsp3) is 0.200. The van der Waals surface area contributed by atoms with E-state index in [9.17, 15) is 4.39 Å². The van der Waals surface area contributed by atoms with Gasteiger partial charge in [-0.3, -0.25) is 0 Å². The van der Waals surface area contributed by atoms with Crippen LogP contribution in [0.2, 0.25) is 0 Å². The average Bonchev–Trinajstić information content (AvgIpc) is 2.32. The first kappa shape index (κ1) is 11.9. The van der Waals surface area contributed by atoms with Gasteiger partial charge >= 0.3 is 0 Å². The molecule has 0 heterocycles. The maximum Gasteiger partial charge on any atom is 0.162 e. The summed E-state index contributed by atoms with van der Waals surface area (Å²) in [6.07, 6.45) is 0.963. The molecule has 2 heteroatoms. The van der Waals surface area contributed by atoms with E-state index in [4.69, 9.17) is 0 Å². The van der Waals surface area contributed by atoms with Gasteiger partial charge in [0.05, 0.1) is 0 Å². The summed E-state index contributed by atoms with van der Waals surface area (Å²) in [7, 11) is 0.895. The van der Waals surface area contributed by atoms with E-state index in [1.54, 1.807) is 6.07 Å². The highest BCUT2D eigenvalue weighted by atomic mass is 19.1. The smallest absolute Gasteiger partial charge is 0.162 e. The van der Waals surface area contributed by atoms with Gasteiger partial charge in [-0.2, -0.15) is 0 Å². The van der Waals surface area contributed by atoms with Crippen LogP contribution in [0.1, 0.15) is 16.7 Å². The molecule has 0 aliphatic heterocycles. The summed E-state index contributed by atoms with van der Waals surface area (Å²) < 4.78 is 13.1. The van der Waals surface area contributed by atoms with Crippen LogP contribution in [0.4, 0.5) is 4.39 Å². The lowest BCUT2D eigenvalue weighted by Crippen LogP contribution is -2.20. The Hall–Kier alpha value is -1.57. The largest absolute Gasteiger partial charge is 0.207 e. The highest BCUT2D eigenvalue weighted by Gasteiger charge is 2.03. The second-order valence-corrected chi connectivity index (χ2v) is 4.56. The van der Waals surface area contributed by atoms with E-state index >= 15 is 0 Å². The van der Waals surface area contributed by atoms with E-state index in [1.807, 2.05) is 13.0 Å². The molecule has 0 aliphatic rings. The predicted molar refractivity (Wildman–Crippen MR) is 72.8 cm³/mol. The Kier molecular flexibility index (Phi) is 3.63. The Morgan fingerprint density at radius 3 is 2.41 bits per heavy atom. The molecule has 0 saturated carbocycles. The quantitative estimate of drug-likeness (QED) is 0.706. The second-order valence-electron chi connectivity index (χ2n) is 4.56. The van der Waals surface area contributed by atoms with Crippen molar-refractivity contribution in [3.8, 4) is 0 Å². The molecular formula is C15H16BF. The summed E-state index contributed by atoms with van der Waals surface area (Å²) in [6, 6.07) is 13.5. The number of rotatable bonds is 3. The molecule has 0 aliphatic carbocycles. The van der Waals surface area contributed by atoms with E-state index in [1.165, 1.54) is 22.8 Å². The average molecular weight is 226 g/mol. The molecule has 0 aromatic heterocycles. The maximum atomic E-state index is 13.1. The normalized spacial score (nSPS) is 10.3. The minimum Gasteiger partial charge on any atom is -0.207 e. The van der Waals surface area contributed by atoms with Crippen LogP contribution in [0.3, 0.4) is 0 Å². The van der Waals surface area contributed by atoms with Crippen molar-refractivity contribution in [1.82, 2.24) is 0 Å². The van der Waals surface area contributed by atoms with Gasteiger partial charge in [-0.1, -0.05) is 52.5 Å². The van der Waals surface area contributed by atoms with Crippen molar-refractivity contribution in [3.05, 3.63) is 65.0 Å². The second kappa shape index (κ2) is 5.18. The zero-order valence-electron chi connectivity index (χ0n) is 10.3. The van der Waals surface area contributed by atoms with E-state index in [-0.39, 0.29) is 5.82 Å². The molecule has 0 bridgehead atoms. The number of halogens is 1. The van der Waals surface area contributed by atoms with Gasteiger partial charge in [0.2, 0.25) is 0 Å². The van der Waals surface area contributed by atoms with Crippen LogP contribution in [-0.2, 0) is 6.32 Å². The zero-order valence-corrected chi connectivity index (χ0v) is 10.3. The van der Waals surface area contributed by atoms with Gasteiger partial charge in [0.15, 0.2) is 7.28 Å². The molecule has 0 atom stereocenters. The summed E-state index contributed by atoms with van der Waals surface area (Å²) in [5.74, 6) is -0.144. The molecule has 2 aromatic carbocycles. The lowest BCUT2D eigenvalue weighted by atomic mass is 9.64. The van der Waals surface area contributed by atoms with Gasteiger partial charge in [-0.05, 0) is 32.3 Å². The van der Waals surface area contributed by atoms with Crippen LogP contribution in [-0.4, -0.2) is 7.28 Å². The Bertz CT molecular complexity index is 503. The summed E-state index contributed by atoms with van der Waals surface area (Å²) in [5.41, 5.74) is 4.85. The molecule has 17 heavy (non-hydrogen) atoms. The monoisotopic (exact) mass is 226 g/mol. The van der Waals surface area contributed by atoms with E-state index in [0.717, 1.165) is 19.1 Å². The number of hydrogen-bond acceptors (Lipinski definition) is 0. The third-order valence-electron chi connectivity index (χ3n) is 3.11. The topological polar surface area (TPSA) is 0 Å². The van der Waals surface area contributed by atoms with Crippen molar-refractivity contribution in [1.29, 1.82) is 0 Å². The van der Waals surface area contributed by atoms with E-state index in [0.29, 0.717) is 0 Å². The van der Waals surface area contributed by atoms with Gasteiger partial charge in [-0.25, -0.2) is 4.39 Å². The van der Waals surface area contributed by atoms with Crippen molar-refractivity contribution in [2.75, 3.05) is 0 Å². The molecule has 0 spiro atoms. The lowest BCUT2D eigenvalue weighted by molar-refractivity contribution is 0.628. The SMILES string of the molecule is Cc1ccc(CBc2cc(F)ccc2C)cc1. The van der Waals surface area contributed by atoms with Gasteiger partial charge in [0.25, 0.3) is 0 Å². The fourth-order valence-electron chi connectivity index (χ4n) is 1.94. The van der Waals surface area contributed by atoms with E-state index < -0.39 is 0 Å². The molecular weight excluding hydrogens is 210 g/mol. The fourth-order valence-corrected chi connectivity index (χ4v) is 1.94. The molecule has 0 nitrogen and oxygen atoms in total. The molecule has 2 aromatic rings. The Balaban J connectivity index is 2.07. The lowest BCUT2D eigenvalue weighted by Gasteiger charge is -2.05. The molecule has 0 amide bonds. The van der Waals surface area contributed by atoms with Gasteiger partial charge < -0.3 is 0 Å². The van der Waals surface area contributed by atoms with Crippen LogP contribution >= 0.6 is 0 Å². The Morgan fingerprint density at radius 2 is 1.71 bits per heavy atom. The minimum absolute atomic E-state index is 0.144. The summed E-state index contributed by atoms with van der Waals surface area (Å²) in [6.45, 7) is 4.12. The standard InChI is InChI=1S/C15H16BF/c1-11-3-6-13(7-4-11)10-16-15-9-14(17)8-5-12(15)2/h3-9,16H,10H2,1-2H3. The van der Waals surface area contributed by atoms with Crippen LogP contribution in [0, 0.1) is 19.7 Å². The van der Waals surface area contributed by atoms with Crippen LogP contribution in [0.5, 0.6) is 0 Å². The van der Waals surface area contributed by atoms with Gasteiger partial charge in [0, 0.05) is 0 Å². The minimum atomic E-state index is -0.144. The summed E-state index contributed by atoms with van der Waals surface area (Å²) >= 11 is 0. The highest BCUT2D eigenvalue weighted by Crippen LogP contribution is 2.04. The van der Waals surface area contributed by atoms with Crippen LogP contribution < -0.4 is 5.46 Å². The molecule has 0 saturated heterocycles. The van der Waals surface area contributed by atoms with Crippen molar-refractivity contribution < 1.29 is 4.39 Å². The first-order valence-corrected chi connectivity index (χ1v) is 5.96. The van der Waals surface area contributed by atoms with Gasteiger partial charge in [-0.15, -0.1) is 0 Å². The van der Waals surface area contributed by atoms with Gasteiger partial charge in [0.1, 0.15) is 5.82 Å². The predicted octanol–water partition coefficient (Wildman–Crippen LogP) is 2.70. The molecule has 0 unspecified atom stereocenters. The van der Waals surface area contributed by atoms with Crippen LogP contribution in [0.15, 0.2) is 42.5 Å². The van der Waals surface area contributed by atoms with Crippen molar-refractivity contribution in [2.45, 2.75) is 20.2 Å². The van der Waals surface area contributed by atoms with Crippen LogP contribution in [0.25, 0.3) is 0 Å². The van der Waals surface area contributed by atoms with Crippen molar-refractivity contribution in [3.63, 3.8) is 0 Å². The number of benzene rings is 2. The van der Waals surface area contributed by atoms with E-state index in [2.05, 4.69) is 31.2 Å². The Labute approximate surface area is 103 Å². The highest BCUT2D eigenvalue weighted by molar-refractivity contribution is 6.53. The summed E-state index contributed by atoms with van der Waals surface area (Å²) in [4.78, 5) is 0. The first-order valence-electron chi connectivity index (χ1n) is 5.96. The van der Waals surface area contributed by atoms with Crippen molar-refractivity contribution in [2.24, 2.45) is 0 Å². The molecule has 2 rings (SSSR count). The first-order chi connectivity index (χ1) is 8.15. The maximum absolute atomic E-state index is 13.1. The zero-order chi connectivity index (χ0) is 12.3. The van der Waals surface area contributed by atoms with Crippen molar-refractivity contribution >= 4 is 12.7 Å². The molecule has 0 radical (unpaired) electrons. The molecule has 0 N–H and O–H groups in total. The number of hydrogen-bond donors (Lipinski definition) is 0. The third kappa shape index (κ3) is 3.19. The molecule has 86 valence electrons. The third-order valence-corrected chi connectivity index (χ3v) is 3.11. The Morgan fingerprint density at radius 1 is 1.00 bits per heavy atom. The number of aryl methyl sites for hydroxylation is 2.